The van der Waals surface area contributed by atoms with Crippen molar-refractivity contribution in [2.75, 3.05) is 25.1 Å². The minimum Gasteiger partial charge on any atom is -0.447 e. The van der Waals surface area contributed by atoms with Gasteiger partial charge < -0.3 is 10.1 Å². The van der Waals surface area contributed by atoms with E-state index in [9.17, 15) is 0 Å². The van der Waals surface area contributed by atoms with Crippen LogP contribution in [0.25, 0.3) is 10.8 Å². The molecule has 0 unspecified atom stereocenters. The molecule has 0 spiro atoms. The van der Waals surface area contributed by atoms with Crippen LogP contribution >= 0.6 is 0 Å². The molecule has 128 valence electrons. The maximum absolute atomic E-state index is 5.76. The molecular formula is C20H22N4O. The van der Waals surface area contributed by atoms with E-state index in [1.807, 2.05) is 18.2 Å². The molecule has 3 aromatic rings. The normalized spacial score (nSPS) is 15.2. The molecule has 2 aromatic carbocycles. The number of hydrogen-bond donors (Lipinski definition) is 1. The molecule has 2 heterocycles. The molecule has 1 aliphatic heterocycles. The number of nitrogens with one attached hydrogen (secondary N) is 1. The molecule has 0 aliphatic carbocycles. The summed E-state index contributed by atoms with van der Waals surface area (Å²) in [6.45, 7) is 2.74. The Bertz CT molecular complexity index is 846. The highest BCUT2D eigenvalue weighted by Gasteiger charge is 2.11. The smallest absolute Gasteiger partial charge is 0.319 e. The lowest BCUT2D eigenvalue weighted by Gasteiger charge is -2.25. The second kappa shape index (κ2) is 7.49. The van der Waals surface area contributed by atoms with E-state index in [0.717, 1.165) is 24.6 Å². The van der Waals surface area contributed by atoms with Gasteiger partial charge in [-0.2, -0.15) is 4.98 Å². The molecule has 0 saturated carbocycles. The van der Waals surface area contributed by atoms with Crippen molar-refractivity contribution in [3.8, 4) is 6.01 Å². The van der Waals surface area contributed by atoms with E-state index in [2.05, 4.69) is 50.5 Å². The van der Waals surface area contributed by atoms with Crippen molar-refractivity contribution >= 4 is 22.3 Å². The second-order valence-corrected chi connectivity index (χ2v) is 6.36. The molecule has 0 atom stereocenters. The molecule has 1 saturated heterocycles. The summed E-state index contributed by atoms with van der Waals surface area (Å²) < 4.78 is 5.76. The third-order valence-electron chi connectivity index (χ3n) is 4.48. The summed E-state index contributed by atoms with van der Waals surface area (Å²) in [7, 11) is 0. The zero-order valence-corrected chi connectivity index (χ0v) is 14.2. The third-order valence-corrected chi connectivity index (χ3v) is 4.48. The first-order valence-corrected chi connectivity index (χ1v) is 8.81. The van der Waals surface area contributed by atoms with Gasteiger partial charge in [0.25, 0.3) is 0 Å². The van der Waals surface area contributed by atoms with Crippen molar-refractivity contribution in [2.24, 2.45) is 0 Å². The third kappa shape index (κ3) is 4.06. The SMILES string of the molecule is c1ccc2cc(Nc3ccnc(OCN4CCCCC4)n3)ccc2c1. The van der Waals surface area contributed by atoms with Crippen LogP contribution in [0, 0.1) is 0 Å². The van der Waals surface area contributed by atoms with Gasteiger partial charge >= 0.3 is 6.01 Å². The van der Waals surface area contributed by atoms with Gasteiger partial charge in [-0.3, -0.25) is 4.90 Å². The number of hydrogen-bond acceptors (Lipinski definition) is 5. The number of ether oxygens (including phenoxy) is 1. The molecule has 25 heavy (non-hydrogen) atoms. The van der Waals surface area contributed by atoms with Gasteiger partial charge in [0.05, 0.1) is 0 Å². The lowest BCUT2D eigenvalue weighted by atomic mass is 10.1. The molecule has 1 aromatic heterocycles. The first kappa shape index (κ1) is 15.8. The molecule has 5 heteroatoms. The Morgan fingerprint density at radius 3 is 2.68 bits per heavy atom. The lowest BCUT2D eigenvalue weighted by Crippen LogP contribution is -2.33. The van der Waals surface area contributed by atoms with Crippen LogP contribution in [0.4, 0.5) is 11.5 Å². The van der Waals surface area contributed by atoms with Crippen molar-refractivity contribution in [1.82, 2.24) is 14.9 Å². The standard InChI is InChI=1S/C20H22N4O/c1-4-12-24(13-5-1)15-25-20-21-11-10-19(23-20)22-18-9-8-16-6-2-3-7-17(16)14-18/h2-3,6-11,14H,1,4-5,12-13,15H2,(H,21,22,23). The molecule has 1 N–H and O–H groups in total. The van der Waals surface area contributed by atoms with Crippen LogP contribution in [-0.2, 0) is 0 Å². The highest BCUT2D eigenvalue weighted by molar-refractivity contribution is 5.86. The number of benzene rings is 2. The number of rotatable bonds is 5. The lowest BCUT2D eigenvalue weighted by molar-refractivity contribution is 0.0990. The summed E-state index contributed by atoms with van der Waals surface area (Å²) in [5, 5.41) is 5.75. The van der Waals surface area contributed by atoms with Gasteiger partial charge in [0.2, 0.25) is 0 Å². The molecular weight excluding hydrogens is 312 g/mol. The predicted molar refractivity (Wildman–Crippen MR) is 100 cm³/mol. The highest BCUT2D eigenvalue weighted by Crippen LogP contribution is 2.22. The van der Waals surface area contributed by atoms with Gasteiger partial charge in [0.1, 0.15) is 12.5 Å². The molecule has 0 radical (unpaired) electrons. The van der Waals surface area contributed by atoms with Gasteiger partial charge in [-0.05, 0) is 41.8 Å². The quantitative estimate of drug-likeness (QED) is 0.758. The topological polar surface area (TPSA) is 50.3 Å². The summed E-state index contributed by atoms with van der Waals surface area (Å²) in [4.78, 5) is 11.0. The molecule has 1 fully saturated rings. The van der Waals surface area contributed by atoms with E-state index < -0.39 is 0 Å². The Balaban J connectivity index is 1.43. The van der Waals surface area contributed by atoms with Crippen molar-refractivity contribution in [3.05, 3.63) is 54.7 Å². The van der Waals surface area contributed by atoms with Crippen LogP contribution in [0.2, 0.25) is 0 Å². The summed E-state index contributed by atoms with van der Waals surface area (Å²) in [5.41, 5.74) is 0.999. The maximum Gasteiger partial charge on any atom is 0.319 e. The zero-order chi connectivity index (χ0) is 16.9. The Hall–Kier alpha value is -2.66. The molecule has 4 rings (SSSR count). The fourth-order valence-corrected chi connectivity index (χ4v) is 3.13. The maximum atomic E-state index is 5.76. The van der Waals surface area contributed by atoms with E-state index in [4.69, 9.17) is 4.74 Å². The van der Waals surface area contributed by atoms with Crippen molar-refractivity contribution in [2.45, 2.75) is 19.3 Å². The van der Waals surface area contributed by atoms with Crippen molar-refractivity contribution in [3.63, 3.8) is 0 Å². The van der Waals surface area contributed by atoms with Crippen LogP contribution in [-0.4, -0.2) is 34.7 Å². The van der Waals surface area contributed by atoms with Crippen LogP contribution in [0.15, 0.2) is 54.7 Å². The first-order chi connectivity index (χ1) is 12.4. The fraction of sp³-hybridized carbons (Fsp3) is 0.300. The summed E-state index contributed by atoms with van der Waals surface area (Å²) in [5.74, 6) is 0.735. The fourth-order valence-electron chi connectivity index (χ4n) is 3.13. The van der Waals surface area contributed by atoms with Gasteiger partial charge in [0, 0.05) is 25.0 Å². The van der Waals surface area contributed by atoms with E-state index in [1.54, 1.807) is 6.20 Å². The van der Waals surface area contributed by atoms with Gasteiger partial charge in [-0.15, -0.1) is 0 Å². The van der Waals surface area contributed by atoms with E-state index in [-0.39, 0.29) is 0 Å². The highest BCUT2D eigenvalue weighted by atomic mass is 16.5. The summed E-state index contributed by atoms with van der Waals surface area (Å²) >= 11 is 0. The number of fused-ring (bicyclic) bond motifs is 1. The number of aromatic nitrogens is 2. The molecule has 5 nitrogen and oxygen atoms in total. The van der Waals surface area contributed by atoms with Crippen LogP contribution in [0.5, 0.6) is 6.01 Å². The molecule has 0 bridgehead atoms. The number of nitrogens with zero attached hydrogens (tertiary/aromatic N) is 3. The summed E-state index contributed by atoms with van der Waals surface area (Å²) in [6.07, 6.45) is 5.53. The largest absolute Gasteiger partial charge is 0.447 e. The minimum atomic E-state index is 0.413. The Labute approximate surface area is 147 Å². The average Bonchev–Trinajstić information content (AvgIpc) is 2.67. The second-order valence-electron chi connectivity index (χ2n) is 6.36. The van der Waals surface area contributed by atoms with Gasteiger partial charge in [0.15, 0.2) is 0 Å². The molecule has 1 aliphatic rings. The van der Waals surface area contributed by atoms with Crippen LogP contribution in [0.1, 0.15) is 19.3 Å². The van der Waals surface area contributed by atoms with E-state index in [1.165, 1.54) is 30.0 Å². The first-order valence-electron chi connectivity index (χ1n) is 8.81. The Kier molecular flexibility index (Phi) is 4.74. The summed E-state index contributed by atoms with van der Waals surface area (Å²) in [6, 6.07) is 16.8. The Morgan fingerprint density at radius 2 is 1.80 bits per heavy atom. The van der Waals surface area contributed by atoms with Crippen LogP contribution < -0.4 is 10.1 Å². The molecule has 0 amide bonds. The predicted octanol–water partition coefficient (Wildman–Crippen LogP) is 4.20. The number of likely N-dealkylation sites (tertiary alicyclic amines) is 1. The van der Waals surface area contributed by atoms with Gasteiger partial charge in [-0.1, -0.05) is 36.8 Å². The number of anilines is 2. The van der Waals surface area contributed by atoms with E-state index >= 15 is 0 Å². The average molecular weight is 334 g/mol. The zero-order valence-electron chi connectivity index (χ0n) is 14.2. The minimum absolute atomic E-state index is 0.413. The van der Waals surface area contributed by atoms with Crippen molar-refractivity contribution < 1.29 is 4.74 Å². The van der Waals surface area contributed by atoms with Crippen molar-refractivity contribution in [1.29, 1.82) is 0 Å². The monoisotopic (exact) mass is 334 g/mol. The van der Waals surface area contributed by atoms with E-state index in [0.29, 0.717) is 12.7 Å². The Morgan fingerprint density at radius 1 is 0.960 bits per heavy atom. The van der Waals surface area contributed by atoms with Gasteiger partial charge in [-0.25, -0.2) is 4.98 Å². The van der Waals surface area contributed by atoms with Crippen LogP contribution in [0.3, 0.4) is 0 Å². The number of piperidine rings is 1.